The van der Waals surface area contributed by atoms with E-state index in [4.69, 9.17) is 9.47 Å². The third-order valence-electron chi connectivity index (χ3n) is 4.15. The smallest absolute Gasteiger partial charge is 0.193 e. The molecule has 0 radical (unpaired) electrons. The van der Waals surface area contributed by atoms with E-state index in [1.54, 1.807) is 0 Å². The summed E-state index contributed by atoms with van der Waals surface area (Å²) in [5, 5.41) is 3.37. The number of rotatable bonds is 10. The summed E-state index contributed by atoms with van der Waals surface area (Å²) in [5.41, 5.74) is 1.17. The molecule has 1 aliphatic carbocycles. The van der Waals surface area contributed by atoms with Crippen molar-refractivity contribution in [3.05, 3.63) is 29.8 Å². The molecule has 0 aromatic heterocycles. The molecule has 1 aliphatic rings. The second kappa shape index (κ2) is 10.2. The molecule has 0 unspecified atom stereocenters. The first-order valence-corrected chi connectivity index (χ1v) is 8.88. The number of nitrogens with zero attached hydrogens (tertiary/aromatic N) is 2. The van der Waals surface area contributed by atoms with E-state index in [0.29, 0.717) is 6.61 Å². The van der Waals surface area contributed by atoms with Crippen LogP contribution >= 0.6 is 0 Å². The number of guanidine groups is 1. The lowest BCUT2D eigenvalue weighted by molar-refractivity contribution is 0.115. The Morgan fingerprint density at radius 2 is 2.08 bits per heavy atom. The molecule has 134 valence electrons. The topological polar surface area (TPSA) is 46.1 Å². The monoisotopic (exact) mass is 333 g/mol. The summed E-state index contributed by atoms with van der Waals surface area (Å²) < 4.78 is 11.5. The molecule has 0 aliphatic heterocycles. The standard InChI is InChI=1S/C19H31N3O2/c1-16-7-4-5-8-18(16)24-13-6-11-21-19(20-2)22(3)12-14-23-15-17-9-10-17/h4-5,7-8,17H,6,9-15H2,1-3H3,(H,20,21). The molecule has 1 aromatic rings. The lowest BCUT2D eigenvalue weighted by atomic mass is 10.2. The van der Waals surface area contributed by atoms with Crippen LogP contribution in [0.3, 0.4) is 0 Å². The molecule has 1 N–H and O–H groups in total. The van der Waals surface area contributed by atoms with Gasteiger partial charge in [-0.05, 0) is 43.7 Å². The number of ether oxygens (including phenoxy) is 2. The van der Waals surface area contributed by atoms with E-state index in [2.05, 4.69) is 28.2 Å². The molecule has 0 saturated heterocycles. The van der Waals surface area contributed by atoms with Crippen LogP contribution in [0.4, 0.5) is 0 Å². The third-order valence-corrected chi connectivity index (χ3v) is 4.15. The maximum atomic E-state index is 5.81. The van der Waals surface area contributed by atoms with E-state index in [9.17, 15) is 0 Å². The highest BCUT2D eigenvalue weighted by Gasteiger charge is 2.21. The lowest BCUT2D eigenvalue weighted by Crippen LogP contribution is -2.41. The van der Waals surface area contributed by atoms with Gasteiger partial charge in [-0.2, -0.15) is 0 Å². The van der Waals surface area contributed by atoms with Gasteiger partial charge in [0.2, 0.25) is 0 Å². The number of hydrogen-bond donors (Lipinski definition) is 1. The average Bonchev–Trinajstić information content (AvgIpc) is 3.40. The predicted octanol–water partition coefficient (Wildman–Crippen LogP) is 2.70. The van der Waals surface area contributed by atoms with E-state index in [-0.39, 0.29) is 0 Å². The Labute approximate surface area is 146 Å². The Hall–Kier alpha value is -1.75. The highest BCUT2D eigenvalue weighted by Crippen LogP contribution is 2.28. The lowest BCUT2D eigenvalue weighted by Gasteiger charge is -2.22. The SMILES string of the molecule is CN=C(NCCCOc1ccccc1C)N(C)CCOCC1CC1. The summed E-state index contributed by atoms with van der Waals surface area (Å²) in [4.78, 5) is 6.43. The van der Waals surface area contributed by atoms with Gasteiger partial charge in [0.25, 0.3) is 0 Å². The van der Waals surface area contributed by atoms with Crippen molar-refractivity contribution < 1.29 is 9.47 Å². The molecule has 24 heavy (non-hydrogen) atoms. The van der Waals surface area contributed by atoms with Crippen LogP contribution in [0, 0.1) is 12.8 Å². The van der Waals surface area contributed by atoms with Crippen molar-refractivity contribution in [2.24, 2.45) is 10.9 Å². The summed E-state index contributed by atoms with van der Waals surface area (Å²) >= 11 is 0. The van der Waals surface area contributed by atoms with Gasteiger partial charge >= 0.3 is 0 Å². The second-order valence-electron chi connectivity index (χ2n) is 6.38. The Balaban J connectivity index is 1.56. The molecule has 0 bridgehead atoms. The van der Waals surface area contributed by atoms with E-state index in [1.807, 2.05) is 32.3 Å². The van der Waals surface area contributed by atoms with Gasteiger partial charge in [-0.25, -0.2) is 0 Å². The number of para-hydroxylation sites is 1. The quantitative estimate of drug-likeness (QED) is 0.406. The number of hydrogen-bond acceptors (Lipinski definition) is 3. The normalized spacial score (nSPS) is 14.5. The fourth-order valence-electron chi connectivity index (χ4n) is 2.40. The molecule has 0 atom stereocenters. The van der Waals surface area contributed by atoms with Crippen LogP contribution in [0.2, 0.25) is 0 Å². The zero-order valence-corrected chi connectivity index (χ0v) is 15.3. The molecule has 1 saturated carbocycles. The molecule has 5 heteroatoms. The Morgan fingerprint density at radius 1 is 1.29 bits per heavy atom. The summed E-state index contributed by atoms with van der Waals surface area (Å²) in [6.45, 7) is 6.12. The number of likely N-dealkylation sites (N-methyl/N-ethyl adjacent to an activating group) is 1. The highest BCUT2D eigenvalue weighted by molar-refractivity contribution is 5.79. The average molecular weight is 333 g/mol. The van der Waals surface area contributed by atoms with E-state index >= 15 is 0 Å². The van der Waals surface area contributed by atoms with Crippen LogP contribution in [-0.4, -0.2) is 57.9 Å². The van der Waals surface area contributed by atoms with E-state index < -0.39 is 0 Å². The van der Waals surface area contributed by atoms with Gasteiger partial charge in [0.1, 0.15) is 5.75 Å². The van der Waals surface area contributed by atoms with Gasteiger partial charge in [0, 0.05) is 33.8 Å². The number of aryl methyl sites for hydroxylation is 1. The van der Waals surface area contributed by atoms with Gasteiger partial charge in [0.05, 0.1) is 13.2 Å². The summed E-state index contributed by atoms with van der Waals surface area (Å²) in [6, 6.07) is 8.10. The minimum atomic E-state index is 0.697. The number of nitrogens with one attached hydrogen (secondary N) is 1. The molecule has 5 nitrogen and oxygen atoms in total. The van der Waals surface area contributed by atoms with Crippen molar-refractivity contribution in [3.63, 3.8) is 0 Å². The molecule has 1 fully saturated rings. The van der Waals surface area contributed by atoms with Crippen LogP contribution < -0.4 is 10.1 Å². The second-order valence-corrected chi connectivity index (χ2v) is 6.38. The minimum Gasteiger partial charge on any atom is -0.493 e. The third kappa shape index (κ3) is 6.79. The largest absolute Gasteiger partial charge is 0.493 e. The van der Waals surface area contributed by atoms with Crippen molar-refractivity contribution in [1.82, 2.24) is 10.2 Å². The van der Waals surface area contributed by atoms with Crippen molar-refractivity contribution in [1.29, 1.82) is 0 Å². The first-order chi connectivity index (χ1) is 11.7. The summed E-state index contributed by atoms with van der Waals surface area (Å²) in [7, 11) is 3.85. The zero-order chi connectivity index (χ0) is 17.2. The van der Waals surface area contributed by atoms with Crippen LogP contribution in [0.15, 0.2) is 29.3 Å². The Bertz CT molecular complexity index is 515. The van der Waals surface area contributed by atoms with Crippen LogP contribution in [0.25, 0.3) is 0 Å². The summed E-state index contributed by atoms with van der Waals surface area (Å²) in [6.07, 6.45) is 3.60. The number of aliphatic imine (C=N–C) groups is 1. The van der Waals surface area contributed by atoms with Crippen molar-refractivity contribution in [3.8, 4) is 5.75 Å². The maximum Gasteiger partial charge on any atom is 0.193 e. The van der Waals surface area contributed by atoms with Gasteiger partial charge in [-0.1, -0.05) is 18.2 Å². The zero-order valence-electron chi connectivity index (χ0n) is 15.3. The van der Waals surface area contributed by atoms with E-state index in [0.717, 1.165) is 50.4 Å². The van der Waals surface area contributed by atoms with E-state index in [1.165, 1.54) is 18.4 Å². The van der Waals surface area contributed by atoms with Gasteiger partial charge in [-0.3, -0.25) is 4.99 Å². The predicted molar refractivity (Wildman–Crippen MR) is 98.8 cm³/mol. The van der Waals surface area contributed by atoms with Crippen LogP contribution in [0.5, 0.6) is 5.75 Å². The Kier molecular flexibility index (Phi) is 7.89. The molecule has 0 amide bonds. The highest BCUT2D eigenvalue weighted by atomic mass is 16.5. The molecule has 2 rings (SSSR count). The first kappa shape index (κ1) is 18.6. The Morgan fingerprint density at radius 3 is 2.79 bits per heavy atom. The number of benzene rings is 1. The molecular weight excluding hydrogens is 302 g/mol. The van der Waals surface area contributed by atoms with Crippen LogP contribution in [0.1, 0.15) is 24.8 Å². The van der Waals surface area contributed by atoms with Crippen molar-refractivity contribution >= 4 is 5.96 Å². The molecule has 0 spiro atoms. The molecular formula is C19H31N3O2. The van der Waals surface area contributed by atoms with Crippen molar-refractivity contribution in [2.45, 2.75) is 26.2 Å². The summed E-state index contributed by atoms with van der Waals surface area (Å²) in [5.74, 6) is 2.69. The fourth-order valence-corrected chi connectivity index (χ4v) is 2.40. The fraction of sp³-hybridized carbons (Fsp3) is 0.632. The molecule has 0 heterocycles. The minimum absolute atomic E-state index is 0.697. The maximum absolute atomic E-state index is 5.81. The van der Waals surface area contributed by atoms with Gasteiger partial charge in [-0.15, -0.1) is 0 Å². The van der Waals surface area contributed by atoms with Crippen LogP contribution in [-0.2, 0) is 4.74 Å². The van der Waals surface area contributed by atoms with Gasteiger partial charge in [0.15, 0.2) is 5.96 Å². The first-order valence-electron chi connectivity index (χ1n) is 8.88. The van der Waals surface area contributed by atoms with Crippen molar-refractivity contribution in [2.75, 3.05) is 47.0 Å². The molecule has 1 aromatic carbocycles. The van der Waals surface area contributed by atoms with Gasteiger partial charge < -0.3 is 19.7 Å².